The van der Waals surface area contributed by atoms with Crippen molar-refractivity contribution in [1.29, 1.82) is 0 Å². The van der Waals surface area contributed by atoms with Crippen molar-refractivity contribution in [3.63, 3.8) is 0 Å². The number of fused-ring (bicyclic) bond motifs is 1. The minimum absolute atomic E-state index is 0.0939. The Kier molecular flexibility index (Phi) is 3.23. The summed E-state index contributed by atoms with van der Waals surface area (Å²) in [5, 5.41) is 7.15. The Balaban J connectivity index is 1.83. The molecule has 19 heavy (non-hydrogen) atoms. The van der Waals surface area contributed by atoms with E-state index in [1.54, 1.807) is 0 Å². The van der Waals surface area contributed by atoms with Crippen molar-refractivity contribution >= 4 is 22.5 Å². The van der Waals surface area contributed by atoms with Crippen LogP contribution in [0.15, 0.2) is 30.5 Å². The first-order chi connectivity index (χ1) is 9.25. The van der Waals surface area contributed by atoms with Crippen LogP contribution in [-0.2, 0) is 16.6 Å². The van der Waals surface area contributed by atoms with Gasteiger partial charge in [0.15, 0.2) is 0 Å². The Bertz CT molecular complexity index is 600. The molecule has 1 saturated heterocycles. The number of aryl methyl sites for hydroxylation is 1. The van der Waals surface area contributed by atoms with E-state index in [0.717, 1.165) is 23.1 Å². The molecule has 1 atom stereocenters. The lowest BCUT2D eigenvalue weighted by molar-refractivity contribution is -0.128. The monoisotopic (exact) mass is 259 g/mol. The van der Waals surface area contributed by atoms with Gasteiger partial charge in [-0.2, -0.15) is 0 Å². The summed E-state index contributed by atoms with van der Waals surface area (Å²) in [6.45, 7) is 1.95. The molecule has 1 aliphatic rings. The molecule has 5 nitrogen and oxygen atoms in total. The van der Waals surface area contributed by atoms with Gasteiger partial charge in [0.2, 0.25) is 0 Å². The largest absolute Gasteiger partial charge is 0.366 e. The first-order valence-electron chi connectivity index (χ1n) is 6.43. The zero-order valence-corrected chi connectivity index (χ0v) is 10.8. The van der Waals surface area contributed by atoms with Crippen LogP contribution in [0.4, 0.5) is 5.69 Å². The zero-order valence-electron chi connectivity index (χ0n) is 10.8. The number of hydrogen-bond acceptors (Lipinski definition) is 3. The van der Waals surface area contributed by atoms with E-state index in [4.69, 9.17) is 4.74 Å². The Morgan fingerprint density at radius 1 is 1.47 bits per heavy atom. The number of carbonyl (C=O) groups is 1. The molecule has 0 saturated carbocycles. The predicted molar refractivity (Wildman–Crippen MR) is 74.2 cm³/mol. The molecule has 0 bridgehead atoms. The standard InChI is InChI=1S/C14H17N3O2/c1-17-9-11(10-4-2-3-5-12(10)17)16-14(18)13-8-15-6-7-19-13/h2-5,9,13,15H,6-8H2,1H3,(H,16,18). The van der Waals surface area contributed by atoms with Crippen molar-refractivity contribution in [2.45, 2.75) is 6.10 Å². The number of ether oxygens (including phenoxy) is 1. The molecule has 0 spiro atoms. The van der Waals surface area contributed by atoms with Crippen molar-refractivity contribution in [1.82, 2.24) is 9.88 Å². The highest BCUT2D eigenvalue weighted by molar-refractivity contribution is 6.03. The molecule has 1 aliphatic heterocycles. The number of rotatable bonds is 2. The zero-order chi connectivity index (χ0) is 13.2. The maximum atomic E-state index is 12.1. The molecule has 2 aromatic rings. The van der Waals surface area contributed by atoms with Gasteiger partial charge in [-0.3, -0.25) is 4.79 Å². The number of amides is 1. The molecule has 2 heterocycles. The lowest BCUT2D eigenvalue weighted by Gasteiger charge is -2.22. The third-order valence-corrected chi connectivity index (χ3v) is 3.37. The molecular formula is C14H17N3O2. The smallest absolute Gasteiger partial charge is 0.254 e. The molecule has 0 aliphatic carbocycles. The number of nitrogens with one attached hydrogen (secondary N) is 2. The van der Waals surface area contributed by atoms with Crippen LogP contribution in [0.1, 0.15) is 0 Å². The van der Waals surface area contributed by atoms with E-state index < -0.39 is 6.10 Å². The maximum absolute atomic E-state index is 12.1. The Hall–Kier alpha value is -1.85. The third kappa shape index (κ3) is 2.34. The van der Waals surface area contributed by atoms with E-state index in [9.17, 15) is 4.79 Å². The first kappa shape index (κ1) is 12.2. The second-order valence-electron chi connectivity index (χ2n) is 4.72. The van der Waals surface area contributed by atoms with Crippen molar-refractivity contribution in [3.05, 3.63) is 30.5 Å². The molecule has 3 rings (SSSR count). The lowest BCUT2D eigenvalue weighted by Crippen LogP contribution is -2.45. The fourth-order valence-corrected chi connectivity index (χ4v) is 2.39. The van der Waals surface area contributed by atoms with Crippen molar-refractivity contribution in [3.8, 4) is 0 Å². The average Bonchev–Trinajstić information content (AvgIpc) is 2.77. The number of morpholine rings is 1. The maximum Gasteiger partial charge on any atom is 0.254 e. The molecule has 5 heteroatoms. The van der Waals surface area contributed by atoms with Gasteiger partial charge >= 0.3 is 0 Å². The van der Waals surface area contributed by atoms with Gasteiger partial charge in [0.25, 0.3) is 5.91 Å². The van der Waals surface area contributed by atoms with Crippen LogP contribution in [0.25, 0.3) is 10.9 Å². The van der Waals surface area contributed by atoms with Gasteiger partial charge in [0, 0.05) is 37.2 Å². The average molecular weight is 259 g/mol. The van der Waals surface area contributed by atoms with E-state index >= 15 is 0 Å². The lowest BCUT2D eigenvalue weighted by atomic mass is 10.2. The van der Waals surface area contributed by atoms with Gasteiger partial charge in [-0.25, -0.2) is 0 Å². The quantitative estimate of drug-likeness (QED) is 0.849. The Morgan fingerprint density at radius 2 is 2.32 bits per heavy atom. The molecule has 1 fully saturated rings. The Labute approximate surface area is 111 Å². The van der Waals surface area contributed by atoms with E-state index in [0.29, 0.717) is 13.2 Å². The highest BCUT2D eigenvalue weighted by Gasteiger charge is 2.22. The normalized spacial score (nSPS) is 19.5. The number of anilines is 1. The molecule has 1 aromatic heterocycles. The van der Waals surface area contributed by atoms with Crippen molar-refractivity contribution in [2.24, 2.45) is 7.05 Å². The molecule has 1 unspecified atom stereocenters. The molecule has 100 valence electrons. The highest BCUT2D eigenvalue weighted by Crippen LogP contribution is 2.25. The van der Waals surface area contributed by atoms with E-state index in [2.05, 4.69) is 10.6 Å². The van der Waals surface area contributed by atoms with Gasteiger partial charge in [0.05, 0.1) is 12.3 Å². The SMILES string of the molecule is Cn1cc(NC(=O)C2CNCCO2)c2ccccc21. The van der Waals surface area contributed by atoms with E-state index in [1.807, 2.05) is 42.1 Å². The predicted octanol–water partition coefficient (Wildman–Crippen LogP) is 1.11. The summed E-state index contributed by atoms with van der Waals surface area (Å²) in [4.78, 5) is 12.1. The van der Waals surface area contributed by atoms with Crippen LogP contribution >= 0.6 is 0 Å². The van der Waals surface area contributed by atoms with Gasteiger partial charge in [0.1, 0.15) is 6.10 Å². The third-order valence-electron chi connectivity index (χ3n) is 3.37. The van der Waals surface area contributed by atoms with Crippen LogP contribution in [0.5, 0.6) is 0 Å². The number of para-hydroxylation sites is 1. The molecule has 0 radical (unpaired) electrons. The number of carbonyl (C=O) groups excluding carboxylic acids is 1. The molecule has 1 amide bonds. The topological polar surface area (TPSA) is 55.3 Å². The fourth-order valence-electron chi connectivity index (χ4n) is 2.39. The van der Waals surface area contributed by atoms with Crippen LogP contribution in [0, 0.1) is 0 Å². The molecular weight excluding hydrogens is 242 g/mol. The summed E-state index contributed by atoms with van der Waals surface area (Å²) in [6.07, 6.45) is 1.52. The minimum atomic E-state index is -0.410. The van der Waals surface area contributed by atoms with Gasteiger partial charge < -0.3 is 19.9 Å². The summed E-state index contributed by atoms with van der Waals surface area (Å²) < 4.78 is 7.45. The van der Waals surface area contributed by atoms with Crippen LogP contribution < -0.4 is 10.6 Å². The van der Waals surface area contributed by atoms with Gasteiger partial charge in [-0.05, 0) is 6.07 Å². The van der Waals surface area contributed by atoms with E-state index in [-0.39, 0.29) is 5.91 Å². The second kappa shape index (κ2) is 5.03. The van der Waals surface area contributed by atoms with Gasteiger partial charge in [-0.15, -0.1) is 0 Å². The number of aromatic nitrogens is 1. The summed E-state index contributed by atoms with van der Waals surface area (Å²) in [6, 6.07) is 7.99. The van der Waals surface area contributed by atoms with Crippen molar-refractivity contribution in [2.75, 3.05) is 25.0 Å². The number of hydrogen-bond donors (Lipinski definition) is 2. The van der Waals surface area contributed by atoms with Crippen LogP contribution in [-0.4, -0.2) is 36.3 Å². The summed E-state index contributed by atoms with van der Waals surface area (Å²) >= 11 is 0. The fraction of sp³-hybridized carbons (Fsp3) is 0.357. The van der Waals surface area contributed by atoms with Gasteiger partial charge in [-0.1, -0.05) is 18.2 Å². The summed E-state index contributed by atoms with van der Waals surface area (Å²) in [7, 11) is 1.97. The second-order valence-corrected chi connectivity index (χ2v) is 4.72. The first-order valence-corrected chi connectivity index (χ1v) is 6.43. The van der Waals surface area contributed by atoms with Crippen molar-refractivity contribution < 1.29 is 9.53 Å². The Morgan fingerprint density at radius 3 is 3.11 bits per heavy atom. The highest BCUT2D eigenvalue weighted by atomic mass is 16.5. The summed E-state index contributed by atoms with van der Waals surface area (Å²) in [5.41, 5.74) is 1.93. The minimum Gasteiger partial charge on any atom is -0.366 e. The number of nitrogens with zero attached hydrogens (tertiary/aromatic N) is 1. The van der Waals surface area contributed by atoms with E-state index in [1.165, 1.54) is 0 Å². The summed E-state index contributed by atoms with van der Waals surface area (Å²) in [5.74, 6) is -0.0939. The van der Waals surface area contributed by atoms with Crippen LogP contribution in [0.2, 0.25) is 0 Å². The van der Waals surface area contributed by atoms with Crippen LogP contribution in [0.3, 0.4) is 0 Å². The number of benzene rings is 1. The molecule has 1 aromatic carbocycles. The molecule has 2 N–H and O–H groups in total.